The molecule has 10 nitrogen and oxygen atoms in total. The Labute approximate surface area is 330 Å². The van der Waals surface area contributed by atoms with Gasteiger partial charge in [0.2, 0.25) is 0 Å². The number of nitrogens with one attached hydrogen (secondary N) is 2. The van der Waals surface area contributed by atoms with Gasteiger partial charge in [-0.15, -0.1) is 11.8 Å². The van der Waals surface area contributed by atoms with Crippen LogP contribution in [0.2, 0.25) is 0 Å². The molecule has 284 valence electrons. The lowest BCUT2D eigenvalue weighted by Crippen LogP contribution is -2.31. The van der Waals surface area contributed by atoms with Gasteiger partial charge >= 0.3 is 12.2 Å². The van der Waals surface area contributed by atoms with Crippen LogP contribution in [0.4, 0.5) is 9.59 Å². The molecule has 2 saturated heterocycles. The number of benzene rings is 4. The molecule has 3 aliphatic rings. The molecule has 1 unspecified atom stereocenters. The number of aromatic nitrogens is 4. The number of carbonyl (C=O) groups is 2. The SMILES string of the molecule is O=C(OCc1ccccc1)N1CCC[C@H]1c1ncc(-c2ccc(CC3Cc4cc(-c5cnc([C@@H]6CCCN6C(=O)OCc6ccccc6)[nH]5)ccc4S3)cc2)[nH]1. The lowest BCUT2D eigenvalue weighted by molar-refractivity contribution is 0.0903. The predicted octanol–water partition coefficient (Wildman–Crippen LogP) is 9.67. The molecule has 4 aromatic carbocycles. The second kappa shape index (κ2) is 16.1. The molecule has 6 aromatic rings. The van der Waals surface area contributed by atoms with E-state index in [-0.39, 0.29) is 37.5 Å². The third-order valence-electron chi connectivity index (χ3n) is 11.0. The zero-order valence-electron chi connectivity index (χ0n) is 31.1. The number of likely N-dealkylation sites (tertiary alicyclic amines) is 2. The van der Waals surface area contributed by atoms with Gasteiger partial charge in [0.25, 0.3) is 0 Å². The van der Waals surface area contributed by atoms with Crippen molar-refractivity contribution in [3.05, 3.63) is 149 Å². The molecule has 2 fully saturated rings. The van der Waals surface area contributed by atoms with E-state index in [9.17, 15) is 9.59 Å². The third kappa shape index (κ3) is 7.81. The van der Waals surface area contributed by atoms with Crippen molar-refractivity contribution in [1.29, 1.82) is 0 Å². The fourth-order valence-electron chi connectivity index (χ4n) is 8.13. The second-order valence-corrected chi connectivity index (χ2v) is 16.2. The van der Waals surface area contributed by atoms with Gasteiger partial charge in [-0.05, 0) is 84.0 Å². The van der Waals surface area contributed by atoms with Crippen LogP contribution < -0.4 is 0 Å². The zero-order chi connectivity index (χ0) is 37.8. The number of rotatable bonds is 10. The standard InChI is InChI=1S/C45H44N6O4S/c52-44(54-28-31-9-3-1-4-10-31)50-21-7-13-39(50)42-46-26-37(48-42)33-17-15-30(16-18-33)23-36-25-35-24-34(19-20-41(35)56-36)38-27-47-43(49-38)40-14-8-22-51(40)45(53)55-29-32-11-5-2-6-12-32/h1-6,9-12,15-20,24,26-27,36,39-40H,7-8,13-14,21-23,25,28-29H2,(H,46,48)(H,47,49)/t36?,39-,40-/m0/s1. The zero-order valence-corrected chi connectivity index (χ0v) is 31.9. The van der Waals surface area contributed by atoms with Crippen LogP contribution in [0.3, 0.4) is 0 Å². The Morgan fingerprint density at radius 1 is 0.661 bits per heavy atom. The highest BCUT2D eigenvalue weighted by molar-refractivity contribution is 8.00. The first-order valence-corrected chi connectivity index (χ1v) is 20.4. The summed E-state index contributed by atoms with van der Waals surface area (Å²) in [5.41, 5.74) is 8.67. The first-order valence-electron chi connectivity index (χ1n) is 19.5. The molecule has 2 amide bonds. The largest absolute Gasteiger partial charge is 0.445 e. The van der Waals surface area contributed by atoms with E-state index < -0.39 is 0 Å². The smallest absolute Gasteiger partial charge is 0.410 e. The van der Waals surface area contributed by atoms with Crippen molar-refractivity contribution in [2.45, 2.75) is 74.0 Å². The Bertz CT molecular complexity index is 2290. The number of ether oxygens (including phenoxy) is 2. The van der Waals surface area contributed by atoms with Gasteiger partial charge < -0.3 is 19.4 Å². The molecule has 9 rings (SSSR count). The van der Waals surface area contributed by atoms with E-state index in [1.807, 2.05) is 84.8 Å². The van der Waals surface area contributed by atoms with Gasteiger partial charge in [-0.2, -0.15) is 0 Å². The molecule has 11 heteroatoms. The van der Waals surface area contributed by atoms with Crippen LogP contribution in [0.25, 0.3) is 22.5 Å². The van der Waals surface area contributed by atoms with Gasteiger partial charge in [-0.25, -0.2) is 19.6 Å². The van der Waals surface area contributed by atoms with Crippen molar-refractivity contribution in [1.82, 2.24) is 29.7 Å². The van der Waals surface area contributed by atoms with Crippen molar-refractivity contribution >= 4 is 23.9 Å². The van der Waals surface area contributed by atoms with Crippen LogP contribution in [0.5, 0.6) is 0 Å². The summed E-state index contributed by atoms with van der Waals surface area (Å²) in [6, 6.07) is 34.7. The summed E-state index contributed by atoms with van der Waals surface area (Å²) in [4.78, 5) is 47.4. The lowest BCUT2D eigenvalue weighted by atomic mass is 10.0. The van der Waals surface area contributed by atoms with E-state index in [2.05, 4.69) is 52.4 Å². The number of fused-ring (bicyclic) bond motifs is 1. The maximum absolute atomic E-state index is 13.0. The fourth-order valence-corrected chi connectivity index (χ4v) is 9.47. The van der Waals surface area contributed by atoms with E-state index in [4.69, 9.17) is 19.4 Å². The number of aromatic amines is 2. The molecule has 2 aromatic heterocycles. The number of hydrogen-bond acceptors (Lipinski definition) is 7. The Morgan fingerprint density at radius 3 is 1.77 bits per heavy atom. The van der Waals surface area contributed by atoms with E-state index in [1.54, 1.807) is 9.80 Å². The van der Waals surface area contributed by atoms with E-state index >= 15 is 0 Å². The molecule has 56 heavy (non-hydrogen) atoms. The topological polar surface area (TPSA) is 116 Å². The van der Waals surface area contributed by atoms with Gasteiger partial charge in [0.1, 0.15) is 24.9 Å². The van der Waals surface area contributed by atoms with Crippen molar-refractivity contribution in [3.8, 4) is 22.5 Å². The molecule has 2 N–H and O–H groups in total. The average molecular weight is 765 g/mol. The minimum absolute atomic E-state index is 0.123. The van der Waals surface area contributed by atoms with E-state index in [0.717, 1.165) is 83.8 Å². The summed E-state index contributed by atoms with van der Waals surface area (Å²) in [6.07, 6.45) is 8.66. The molecular weight excluding hydrogens is 721 g/mol. The van der Waals surface area contributed by atoms with Gasteiger partial charge in [-0.1, -0.05) is 91.0 Å². The number of thioether (sulfide) groups is 1. The number of carbonyl (C=O) groups excluding carboxylic acids is 2. The summed E-state index contributed by atoms with van der Waals surface area (Å²) < 4.78 is 11.3. The van der Waals surface area contributed by atoms with Gasteiger partial charge in [0.15, 0.2) is 0 Å². The fraction of sp³-hybridized carbons (Fsp3) is 0.289. The van der Waals surface area contributed by atoms with E-state index in [1.165, 1.54) is 16.0 Å². The molecular formula is C45H44N6O4S. The van der Waals surface area contributed by atoms with Crippen LogP contribution in [-0.2, 0) is 35.5 Å². The molecule has 5 heterocycles. The van der Waals surface area contributed by atoms with Crippen molar-refractivity contribution in [3.63, 3.8) is 0 Å². The quantitative estimate of drug-likeness (QED) is 0.143. The number of imidazole rings is 2. The predicted molar refractivity (Wildman–Crippen MR) is 216 cm³/mol. The van der Waals surface area contributed by atoms with Crippen molar-refractivity contribution in [2.24, 2.45) is 0 Å². The van der Waals surface area contributed by atoms with Crippen molar-refractivity contribution in [2.75, 3.05) is 13.1 Å². The van der Waals surface area contributed by atoms with Crippen LogP contribution >= 0.6 is 11.8 Å². The second-order valence-electron chi connectivity index (χ2n) is 14.8. The number of hydrogen-bond donors (Lipinski definition) is 2. The van der Waals surface area contributed by atoms with Crippen molar-refractivity contribution < 1.29 is 19.1 Å². The molecule has 3 aliphatic heterocycles. The molecule has 0 bridgehead atoms. The Morgan fingerprint density at radius 2 is 1.20 bits per heavy atom. The minimum Gasteiger partial charge on any atom is -0.445 e. The Kier molecular flexibility index (Phi) is 10.3. The summed E-state index contributed by atoms with van der Waals surface area (Å²) in [6.45, 7) is 1.84. The maximum atomic E-state index is 13.0. The number of amides is 2. The Balaban J connectivity index is 0.790. The van der Waals surface area contributed by atoms with Gasteiger partial charge in [-0.3, -0.25) is 9.80 Å². The monoisotopic (exact) mass is 764 g/mol. The van der Waals surface area contributed by atoms with Gasteiger partial charge in [0.05, 0.1) is 35.9 Å². The normalized spacial score (nSPS) is 19.0. The average Bonchev–Trinajstić information content (AvgIpc) is 4.09. The highest BCUT2D eigenvalue weighted by Gasteiger charge is 2.34. The highest BCUT2D eigenvalue weighted by atomic mass is 32.2. The molecule has 0 aliphatic carbocycles. The first-order chi connectivity index (χ1) is 27.5. The molecule has 0 spiro atoms. The minimum atomic E-state index is -0.302. The van der Waals surface area contributed by atoms with Crippen LogP contribution in [0.1, 0.15) is 71.7 Å². The molecule has 0 saturated carbocycles. The van der Waals surface area contributed by atoms with Crippen LogP contribution in [0, 0.1) is 0 Å². The molecule has 0 radical (unpaired) electrons. The van der Waals surface area contributed by atoms with Crippen LogP contribution in [-0.4, -0.2) is 60.3 Å². The summed E-state index contributed by atoms with van der Waals surface area (Å²) in [5.74, 6) is 1.60. The third-order valence-corrected chi connectivity index (χ3v) is 12.4. The lowest BCUT2D eigenvalue weighted by Gasteiger charge is -2.22. The Hall–Kier alpha value is -5.81. The number of H-pyrrole nitrogens is 2. The molecule has 3 atom stereocenters. The van der Waals surface area contributed by atoms with E-state index in [0.29, 0.717) is 18.3 Å². The van der Waals surface area contributed by atoms with Crippen LogP contribution in [0.15, 0.2) is 120 Å². The maximum Gasteiger partial charge on any atom is 0.410 e. The summed E-state index contributed by atoms with van der Waals surface area (Å²) in [5, 5.41) is 0.450. The summed E-state index contributed by atoms with van der Waals surface area (Å²) in [7, 11) is 0. The number of nitrogens with zero attached hydrogens (tertiary/aromatic N) is 4. The summed E-state index contributed by atoms with van der Waals surface area (Å²) >= 11 is 1.95. The van der Waals surface area contributed by atoms with Gasteiger partial charge in [0, 0.05) is 23.2 Å². The first kappa shape index (κ1) is 35.9. The highest BCUT2D eigenvalue weighted by Crippen LogP contribution is 2.41.